The Morgan fingerprint density at radius 3 is 2.66 bits per heavy atom. The highest BCUT2D eigenvalue weighted by Gasteiger charge is 2.39. The van der Waals surface area contributed by atoms with Crippen molar-refractivity contribution >= 4 is 37.4 Å². The number of carbonyl (C=O) groups excluding carboxylic acids is 1. The fraction of sp³-hybridized carbons (Fsp3) is 0.600. The Bertz CT molecular complexity index is 1240. The Hall–Kier alpha value is -2.95. The number of nitrogens with one attached hydrogen (secondary N) is 1. The largest absolute Gasteiger partial charge is 0.471 e. The molecule has 1 N–H and O–H groups in total. The second kappa shape index (κ2) is 11.4. The normalized spacial score (nSPS) is 18.6. The summed E-state index contributed by atoms with van der Waals surface area (Å²) in [6.07, 6.45) is 0.885. The van der Waals surface area contributed by atoms with Crippen molar-refractivity contribution < 1.29 is 27.1 Å². The van der Waals surface area contributed by atoms with E-state index in [0.29, 0.717) is 29.0 Å². The molecular weight excluding hydrogens is 517 g/mol. The van der Waals surface area contributed by atoms with Gasteiger partial charge in [-0.1, -0.05) is 32.6 Å². The van der Waals surface area contributed by atoms with Gasteiger partial charge in [-0.25, -0.2) is 15.0 Å². The van der Waals surface area contributed by atoms with Gasteiger partial charge in [-0.15, -0.1) is 0 Å². The van der Waals surface area contributed by atoms with Gasteiger partial charge in [0.1, 0.15) is 18.2 Å². The number of hydrogen-bond acceptors (Lipinski definition) is 6. The highest BCUT2D eigenvalue weighted by Crippen LogP contribution is 2.39. The predicted octanol–water partition coefficient (Wildman–Crippen LogP) is 4.38. The number of ether oxygens (including phenoxy) is 1. The van der Waals surface area contributed by atoms with Crippen LogP contribution in [-0.4, -0.2) is 79.5 Å². The Labute approximate surface area is 221 Å². The van der Waals surface area contributed by atoms with Crippen LogP contribution in [0, 0.1) is 11.8 Å². The molecule has 0 aliphatic carbocycles. The van der Waals surface area contributed by atoms with Gasteiger partial charge in [-0.3, -0.25) is 4.79 Å². The first-order chi connectivity index (χ1) is 17.6. The van der Waals surface area contributed by atoms with E-state index in [1.807, 2.05) is 18.7 Å². The molecule has 1 amide bonds. The van der Waals surface area contributed by atoms with E-state index in [-0.39, 0.29) is 17.4 Å². The van der Waals surface area contributed by atoms with Gasteiger partial charge in [-0.2, -0.15) is 13.2 Å². The van der Waals surface area contributed by atoms with Gasteiger partial charge in [0.25, 0.3) is 0 Å². The summed E-state index contributed by atoms with van der Waals surface area (Å²) in [6.45, 7) is 11.0. The molecule has 2 aromatic rings. The molecule has 0 spiro atoms. The molecule has 1 aliphatic heterocycles. The summed E-state index contributed by atoms with van der Waals surface area (Å²) in [5.41, 5.74) is 1.02. The zero-order valence-corrected chi connectivity index (χ0v) is 23.8. The molecule has 1 saturated heterocycles. The zero-order chi connectivity index (χ0) is 28.3. The number of fused-ring (bicyclic) bond motifs is 1. The van der Waals surface area contributed by atoms with E-state index < -0.39 is 26.9 Å². The molecule has 1 aliphatic rings. The van der Waals surface area contributed by atoms with Gasteiger partial charge < -0.3 is 23.9 Å². The molecule has 13 heteroatoms. The third-order valence-corrected chi connectivity index (χ3v) is 11.2. The summed E-state index contributed by atoms with van der Waals surface area (Å²) in [6, 6.07) is 0. The molecule has 0 bridgehead atoms. The topological polar surface area (TPSA) is 93.9 Å². The molecule has 0 saturated carbocycles. The zero-order valence-electron chi connectivity index (χ0n) is 22.8. The van der Waals surface area contributed by atoms with Crippen molar-refractivity contribution in [2.75, 3.05) is 27.2 Å². The molecule has 3 rings (SSSR count). The van der Waals surface area contributed by atoms with E-state index in [0.717, 1.165) is 12.8 Å². The van der Waals surface area contributed by atoms with Crippen molar-refractivity contribution in [3.05, 3.63) is 18.1 Å². The second-order valence-electron chi connectivity index (χ2n) is 10.9. The van der Waals surface area contributed by atoms with Crippen LogP contribution in [-0.2, 0) is 14.0 Å². The summed E-state index contributed by atoms with van der Waals surface area (Å²) < 4.78 is 52.0. The number of alkyl halides is 3. The van der Waals surface area contributed by atoms with Crippen molar-refractivity contribution in [1.82, 2.24) is 24.8 Å². The fourth-order valence-corrected chi connectivity index (χ4v) is 4.58. The van der Waals surface area contributed by atoms with Crippen molar-refractivity contribution in [2.45, 2.75) is 70.3 Å². The first kappa shape index (κ1) is 29.6. The quantitative estimate of drug-likeness (QED) is 0.237. The third-order valence-electron chi connectivity index (χ3n) is 6.65. The minimum atomic E-state index is -4.97. The predicted molar refractivity (Wildman–Crippen MR) is 142 cm³/mol. The maximum atomic E-state index is 12.5. The van der Waals surface area contributed by atoms with Crippen molar-refractivity contribution in [3.8, 4) is 11.8 Å². The lowest BCUT2D eigenvalue weighted by Gasteiger charge is -2.36. The summed E-state index contributed by atoms with van der Waals surface area (Å²) in [5.74, 6) is 3.75. The molecule has 1 fully saturated rings. The van der Waals surface area contributed by atoms with E-state index in [1.54, 1.807) is 22.8 Å². The van der Waals surface area contributed by atoms with Crippen molar-refractivity contribution in [3.63, 3.8) is 0 Å². The minimum Gasteiger partial charge on any atom is -0.414 e. The van der Waals surface area contributed by atoms with Crippen LogP contribution in [0.1, 0.15) is 45.4 Å². The molecule has 2 atom stereocenters. The van der Waals surface area contributed by atoms with Crippen molar-refractivity contribution in [1.29, 1.82) is 0 Å². The Morgan fingerprint density at radius 2 is 2.03 bits per heavy atom. The Kier molecular flexibility index (Phi) is 8.90. The first-order valence-corrected chi connectivity index (χ1v) is 15.2. The number of rotatable bonds is 7. The minimum absolute atomic E-state index is 0.0771. The summed E-state index contributed by atoms with van der Waals surface area (Å²) >= 11 is 0. The molecule has 3 heterocycles. The molecule has 0 unspecified atom stereocenters. The average molecular weight is 553 g/mol. The second-order valence-corrected chi connectivity index (χ2v) is 15.7. The van der Waals surface area contributed by atoms with E-state index in [1.165, 1.54) is 6.33 Å². The molecule has 38 heavy (non-hydrogen) atoms. The lowest BCUT2D eigenvalue weighted by molar-refractivity contribution is -0.173. The maximum absolute atomic E-state index is 12.5. The number of amides is 1. The first-order valence-electron chi connectivity index (χ1n) is 12.3. The molecule has 0 radical (unpaired) electrons. The Morgan fingerprint density at radius 1 is 1.32 bits per heavy atom. The lowest BCUT2D eigenvalue weighted by atomic mass is 10.2. The number of carbonyl (C=O) groups is 1. The van der Waals surface area contributed by atoms with Gasteiger partial charge in [0.15, 0.2) is 14.1 Å². The van der Waals surface area contributed by atoms with Crippen LogP contribution in [0.5, 0.6) is 0 Å². The molecule has 2 aromatic heterocycles. The van der Waals surface area contributed by atoms with Crippen LogP contribution in [0.3, 0.4) is 0 Å². The van der Waals surface area contributed by atoms with Gasteiger partial charge in [0.2, 0.25) is 0 Å². The number of aromatic nitrogens is 3. The van der Waals surface area contributed by atoms with Crippen LogP contribution in [0.15, 0.2) is 17.5 Å². The summed E-state index contributed by atoms with van der Waals surface area (Å²) in [7, 11) is 1.71. The van der Waals surface area contributed by atoms with Gasteiger partial charge in [0.05, 0.1) is 36.5 Å². The van der Waals surface area contributed by atoms with E-state index >= 15 is 0 Å². The summed E-state index contributed by atoms with van der Waals surface area (Å²) in [4.78, 5) is 26.0. The number of nitrogens with zero attached hydrogens (tertiary/aromatic N) is 5. The lowest BCUT2D eigenvalue weighted by Crippen LogP contribution is -2.42. The highest BCUT2D eigenvalue weighted by molar-refractivity contribution is 6.74. The summed E-state index contributed by atoms with van der Waals surface area (Å²) in [5, 5.41) is 2.39. The maximum Gasteiger partial charge on any atom is 0.471 e. The number of halogens is 3. The molecule has 0 aromatic carbocycles. The number of hydrogen-bond donors (Lipinski definition) is 1. The third kappa shape index (κ3) is 7.12. The Balaban J connectivity index is 1.87. The highest BCUT2D eigenvalue weighted by atomic mass is 28.4. The van der Waals surface area contributed by atoms with E-state index in [4.69, 9.17) is 9.16 Å². The SMILES string of the molecule is CN(C)/C=N/c1ncnc2c1c(C#CCNC(=O)C(F)(F)F)cn2[C@H]1CC[C@@H](CO[Si](C)(C)C(C)(C)C)O1. The van der Waals surface area contributed by atoms with Gasteiger partial charge >= 0.3 is 12.1 Å². The monoisotopic (exact) mass is 552 g/mol. The van der Waals surface area contributed by atoms with Crippen LogP contribution in [0.4, 0.5) is 19.0 Å². The van der Waals surface area contributed by atoms with E-state index in [9.17, 15) is 18.0 Å². The average Bonchev–Trinajstić information content (AvgIpc) is 3.42. The fourth-order valence-electron chi connectivity index (χ4n) is 3.55. The smallest absolute Gasteiger partial charge is 0.414 e. The molecule has 9 nitrogen and oxygen atoms in total. The standard InChI is InChI=1S/C25H35F3N6O3Si/c1-24(2,3)38(6,7)36-14-18-10-11-19(37-18)34-13-17(9-8-12-29-23(35)25(26,27)28)20-21(32-16-33(4)5)30-15-31-22(20)34/h13,15-16,18-19H,10-12,14H2,1-7H3,(H,29,35)/b32-16+/t18-,19+/m0/s1. The molecule has 208 valence electrons. The van der Waals surface area contributed by atoms with E-state index in [2.05, 4.69) is 60.7 Å². The van der Waals surface area contributed by atoms with Gasteiger partial charge in [0, 0.05) is 20.3 Å². The number of aliphatic imine (C=N–C) groups is 1. The van der Waals surface area contributed by atoms with Crippen molar-refractivity contribution in [2.24, 2.45) is 4.99 Å². The van der Waals surface area contributed by atoms with Crippen LogP contribution >= 0.6 is 0 Å². The van der Waals surface area contributed by atoms with Crippen LogP contribution < -0.4 is 5.32 Å². The molecular formula is C25H35F3N6O3Si. The van der Waals surface area contributed by atoms with Gasteiger partial charge in [-0.05, 0) is 31.0 Å². The van der Waals surface area contributed by atoms with Crippen LogP contribution in [0.25, 0.3) is 11.0 Å². The van der Waals surface area contributed by atoms with Crippen LogP contribution in [0.2, 0.25) is 18.1 Å².